The summed E-state index contributed by atoms with van der Waals surface area (Å²) in [4.78, 5) is 22.3. The minimum atomic E-state index is -0.615. The molecule has 0 aliphatic heterocycles. The summed E-state index contributed by atoms with van der Waals surface area (Å²) in [6.07, 6.45) is 1.46. The largest absolute Gasteiger partial charge is 0.394 e. The molecule has 2 atom stereocenters. The highest BCUT2D eigenvalue weighted by molar-refractivity contribution is 6.32. The molecule has 0 aliphatic carbocycles. The molecule has 0 bridgehead atoms. The van der Waals surface area contributed by atoms with E-state index in [0.29, 0.717) is 23.5 Å². The summed E-state index contributed by atoms with van der Waals surface area (Å²) in [7, 11) is 1.58. The molecule has 10 nitrogen and oxygen atoms in total. The summed E-state index contributed by atoms with van der Waals surface area (Å²) in [6, 6.07) is 4.72. The minimum absolute atomic E-state index is 0.132. The molecule has 0 aliphatic rings. The summed E-state index contributed by atoms with van der Waals surface area (Å²) < 4.78 is 13.4. The van der Waals surface area contributed by atoms with Gasteiger partial charge in [0.25, 0.3) is 5.56 Å². The molecule has 4 aromatic rings. The third kappa shape index (κ3) is 3.27. The Morgan fingerprint density at radius 1 is 1.35 bits per heavy atom. The highest BCUT2D eigenvalue weighted by Gasteiger charge is 2.25. The van der Waals surface area contributed by atoms with Crippen LogP contribution in [0.15, 0.2) is 27.8 Å². The van der Waals surface area contributed by atoms with Crippen LogP contribution in [0, 0.1) is 11.3 Å². The molecule has 3 heterocycles. The van der Waals surface area contributed by atoms with Gasteiger partial charge in [0.05, 0.1) is 46.8 Å². The number of nitriles is 1. The topological polar surface area (TPSA) is 131 Å². The maximum Gasteiger partial charge on any atom is 0.278 e. The van der Waals surface area contributed by atoms with Gasteiger partial charge >= 0.3 is 0 Å². The van der Waals surface area contributed by atoms with Crippen LogP contribution in [0.4, 0.5) is 0 Å². The molecule has 0 saturated carbocycles. The quantitative estimate of drug-likeness (QED) is 0.481. The number of nitrogens with zero attached hydrogens (tertiary/aromatic N) is 6. The normalized spacial score (nSPS) is 13.5. The Morgan fingerprint density at radius 3 is 2.81 bits per heavy atom. The number of aliphatic hydroxyl groups excluding tert-OH is 1. The van der Waals surface area contributed by atoms with Crippen LogP contribution in [0.2, 0.25) is 5.02 Å². The molecule has 0 saturated heterocycles. The van der Waals surface area contributed by atoms with Crippen LogP contribution in [0.25, 0.3) is 28.1 Å². The first-order valence-corrected chi connectivity index (χ1v) is 9.88. The lowest BCUT2D eigenvalue weighted by Gasteiger charge is -2.18. The molecule has 2 unspecified atom stereocenters. The number of methoxy groups -OCH3 is 1. The molecule has 0 radical (unpaired) electrons. The fourth-order valence-electron chi connectivity index (χ4n) is 3.57. The summed E-state index contributed by atoms with van der Waals surface area (Å²) in [5.41, 5.74) is 0.969. The Morgan fingerprint density at radius 2 is 2.13 bits per heavy atom. The SMILES string of the molecule is COCC(C)c1nc(-c2ncn3c2c(=O)n(C(C)CO)c2c(C#N)c(Cl)ccc23)no1. The summed E-state index contributed by atoms with van der Waals surface area (Å²) in [6.45, 7) is 3.64. The van der Waals surface area contributed by atoms with Gasteiger partial charge in [0.15, 0.2) is 0 Å². The molecule has 0 spiro atoms. The summed E-state index contributed by atoms with van der Waals surface area (Å²) in [5, 5.41) is 23.6. The van der Waals surface area contributed by atoms with Crippen molar-refractivity contribution < 1.29 is 14.4 Å². The lowest BCUT2D eigenvalue weighted by molar-refractivity contribution is 0.170. The number of ether oxygens (including phenoxy) is 1. The van der Waals surface area contributed by atoms with Gasteiger partial charge in [0, 0.05) is 7.11 Å². The lowest BCUT2D eigenvalue weighted by Crippen LogP contribution is -2.28. The molecule has 0 fully saturated rings. The Kier molecular flexibility index (Phi) is 5.49. The van der Waals surface area contributed by atoms with Gasteiger partial charge in [-0.25, -0.2) is 4.98 Å². The van der Waals surface area contributed by atoms with E-state index < -0.39 is 11.6 Å². The van der Waals surface area contributed by atoms with E-state index in [1.165, 1.54) is 10.9 Å². The van der Waals surface area contributed by atoms with Gasteiger partial charge in [-0.15, -0.1) is 0 Å². The molecular formula is C20H19ClN6O4. The first-order chi connectivity index (χ1) is 14.9. The molecule has 160 valence electrons. The lowest BCUT2D eigenvalue weighted by atomic mass is 10.1. The van der Waals surface area contributed by atoms with Gasteiger partial charge in [-0.3, -0.25) is 13.8 Å². The average molecular weight is 443 g/mol. The van der Waals surface area contributed by atoms with Crippen LogP contribution in [-0.2, 0) is 4.74 Å². The molecule has 0 amide bonds. The minimum Gasteiger partial charge on any atom is -0.394 e. The van der Waals surface area contributed by atoms with E-state index in [2.05, 4.69) is 21.2 Å². The van der Waals surface area contributed by atoms with Crippen molar-refractivity contribution in [3.8, 4) is 17.6 Å². The summed E-state index contributed by atoms with van der Waals surface area (Å²) in [5.74, 6) is 0.392. The zero-order chi connectivity index (χ0) is 22.3. The number of hydrogen-bond acceptors (Lipinski definition) is 8. The van der Waals surface area contributed by atoms with E-state index in [9.17, 15) is 15.2 Å². The van der Waals surface area contributed by atoms with Gasteiger partial charge in [-0.2, -0.15) is 10.2 Å². The van der Waals surface area contributed by atoms with Crippen molar-refractivity contribution in [2.45, 2.75) is 25.8 Å². The van der Waals surface area contributed by atoms with Crippen molar-refractivity contribution in [2.75, 3.05) is 20.3 Å². The molecule has 3 aromatic heterocycles. The van der Waals surface area contributed by atoms with E-state index in [0.717, 1.165) is 0 Å². The fourth-order valence-corrected chi connectivity index (χ4v) is 3.76. The second-order valence-electron chi connectivity index (χ2n) is 7.23. The van der Waals surface area contributed by atoms with Crippen molar-refractivity contribution >= 4 is 28.2 Å². The van der Waals surface area contributed by atoms with Crippen molar-refractivity contribution in [1.82, 2.24) is 24.1 Å². The van der Waals surface area contributed by atoms with Crippen molar-refractivity contribution in [1.29, 1.82) is 5.26 Å². The predicted molar refractivity (Wildman–Crippen MR) is 112 cm³/mol. The first kappa shape index (κ1) is 21.0. The van der Waals surface area contributed by atoms with Gasteiger partial charge < -0.3 is 14.4 Å². The maximum absolute atomic E-state index is 13.6. The Labute approximate surface area is 181 Å². The molecule has 4 rings (SSSR count). The van der Waals surface area contributed by atoms with E-state index in [1.807, 2.05) is 6.92 Å². The van der Waals surface area contributed by atoms with Crippen LogP contribution in [0.1, 0.15) is 37.3 Å². The van der Waals surface area contributed by atoms with Gasteiger partial charge in [-0.05, 0) is 19.1 Å². The molecular weight excluding hydrogens is 424 g/mol. The number of hydrogen-bond donors (Lipinski definition) is 1. The van der Waals surface area contributed by atoms with Gasteiger partial charge in [0.2, 0.25) is 11.7 Å². The number of imidazole rings is 1. The highest BCUT2D eigenvalue weighted by atomic mass is 35.5. The zero-order valence-corrected chi connectivity index (χ0v) is 17.8. The van der Waals surface area contributed by atoms with Crippen LogP contribution < -0.4 is 5.56 Å². The monoisotopic (exact) mass is 442 g/mol. The fraction of sp³-hybridized carbons (Fsp3) is 0.350. The molecule has 1 aromatic carbocycles. The third-order valence-electron chi connectivity index (χ3n) is 5.10. The Hall–Kier alpha value is -3.26. The standard InChI is InChI=1S/C20H19ClN6O4/c1-10(8-30-3)19-24-18(25-31-19)15-17-20(29)27(11(2)7-28)16-12(6-22)13(21)4-5-14(16)26(17)9-23-15/h4-5,9-11,28H,7-8H2,1-3H3. The van der Waals surface area contributed by atoms with Crippen LogP contribution >= 0.6 is 11.6 Å². The predicted octanol–water partition coefficient (Wildman–Crippen LogP) is 2.53. The van der Waals surface area contributed by atoms with Crippen molar-refractivity contribution in [2.24, 2.45) is 0 Å². The van der Waals surface area contributed by atoms with Crippen LogP contribution in [0.3, 0.4) is 0 Å². The second kappa shape index (κ2) is 8.11. The zero-order valence-electron chi connectivity index (χ0n) is 17.0. The van der Waals surface area contributed by atoms with E-state index >= 15 is 0 Å². The number of benzene rings is 1. The highest BCUT2D eigenvalue weighted by Crippen LogP contribution is 2.29. The number of halogens is 1. The Bertz CT molecular complexity index is 1380. The Balaban J connectivity index is 2.06. The third-order valence-corrected chi connectivity index (χ3v) is 5.42. The van der Waals surface area contributed by atoms with Gasteiger partial charge in [0.1, 0.15) is 23.6 Å². The van der Waals surface area contributed by atoms with Crippen molar-refractivity contribution in [3.05, 3.63) is 45.3 Å². The van der Waals surface area contributed by atoms with Gasteiger partial charge in [-0.1, -0.05) is 23.7 Å². The summed E-state index contributed by atoms with van der Waals surface area (Å²) >= 11 is 6.22. The first-order valence-electron chi connectivity index (χ1n) is 9.50. The van der Waals surface area contributed by atoms with Crippen molar-refractivity contribution in [3.63, 3.8) is 0 Å². The average Bonchev–Trinajstić information content (AvgIpc) is 3.41. The number of fused-ring (bicyclic) bond motifs is 3. The molecule has 11 heteroatoms. The number of aromatic nitrogens is 5. The number of rotatable bonds is 6. The molecule has 1 N–H and O–H groups in total. The van der Waals surface area contributed by atoms with Crippen LogP contribution in [0.5, 0.6) is 0 Å². The van der Waals surface area contributed by atoms with E-state index in [1.54, 1.807) is 30.6 Å². The van der Waals surface area contributed by atoms with E-state index in [4.69, 9.17) is 20.9 Å². The molecule has 31 heavy (non-hydrogen) atoms. The van der Waals surface area contributed by atoms with E-state index in [-0.39, 0.29) is 40.1 Å². The number of aliphatic hydroxyl groups is 1. The second-order valence-corrected chi connectivity index (χ2v) is 7.64. The van der Waals surface area contributed by atoms with Crippen LogP contribution in [-0.4, -0.2) is 49.5 Å². The smallest absolute Gasteiger partial charge is 0.278 e. The maximum atomic E-state index is 13.6.